The Hall–Kier alpha value is -1.83. The number of amides is 1. The highest BCUT2D eigenvalue weighted by atomic mass is 31.2. The number of phosphoric ester groups is 1. The van der Waals surface area contributed by atoms with Crippen LogP contribution in [0.25, 0.3) is 0 Å². The van der Waals surface area contributed by atoms with Crippen molar-refractivity contribution in [2.75, 3.05) is 13.2 Å². The lowest BCUT2D eigenvalue weighted by molar-refractivity contribution is -0.766. The van der Waals surface area contributed by atoms with Crippen molar-refractivity contribution < 1.29 is 42.8 Å². The number of carbonyl (C=O) groups is 1. The average molecular weight is 373 g/mol. The average Bonchev–Trinajstić information content (AvgIpc) is 2.86. The van der Waals surface area contributed by atoms with Crippen LogP contribution in [0.3, 0.4) is 0 Å². The van der Waals surface area contributed by atoms with Crippen molar-refractivity contribution >= 4 is 13.7 Å². The molecular formula is C14H18N2O8P+. The fourth-order valence-electron chi connectivity index (χ4n) is 2.39. The topological polar surface area (TPSA) is 152 Å². The fourth-order valence-corrected chi connectivity index (χ4v) is 2.73. The van der Waals surface area contributed by atoms with E-state index in [1.807, 2.05) is 0 Å². The number of aliphatic hydroxyl groups excluding tert-OH is 1. The van der Waals surface area contributed by atoms with Gasteiger partial charge in [-0.2, -0.15) is 4.57 Å². The Morgan fingerprint density at radius 3 is 2.84 bits per heavy atom. The largest absolute Gasteiger partial charge is 0.469 e. The molecule has 0 aromatic carbocycles. The van der Waals surface area contributed by atoms with Crippen LogP contribution in [0.2, 0.25) is 0 Å². The van der Waals surface area contributed by atoms with E-state index in [0.29, 0.717) is 0 Å². The molecule has 1 aromatic heterocycles. The van der Waals surface area contributed by atoms with E-state index in [2.05, 4.69) is 10.4 Å². The van der Waals surface area contributed by atoms with Gasteiger partial charge in [-0.25, -0.2) is 4.57 Å². The van der Waals surface area contributed by atoms with E-state index in [4.69, 9.17) is 31.4 Å². The predicted octanol–water partition coefficient (Wildman–Crippen LogP) is -1.54. The molecule has 1 aromatic rings. The fraction of sp³-hybridized carbons (Fsp3) is 0.429. The van der Waals surface area contributed by atoms with Gasteiger partial charge in [-0.1, -0.05) is 5.92 Å². The molecule has 1 fully saturated rings. The first kappa shape index (κ1) is 19.5. The summed E-state index contributed by atoms with van der Waals surface area (Å²) in [7, 11) is -4.73. The second-order valence-electron chi connectivity index (χ2n) is 5.23. The molecule has 0 radical (unpaired) electrons. The first-order valence-electron chi connectivity index (χ1n) is 7.12. The van der Waals surface area contributed by atoms with Crippen molar-refractivity contribution in [3.8, 4) is 12.3 Å². The number of aliphatic hydroxyl groups is 1. The summed E-state index contributed by atoms with van der Waals surface area (Å²) >= 11 is 0. The van der Waals surface area contributed by atoms with Gasteiger partial charge in [-0.15, -0.1) is 6.42 Å². The minimum absolute atomic E-state index is 0.121. The van der Waals surface area contributed by atoms with E-state index in [-0.39, 0.29) is 12.2 Å². The van der Waals surface area contributed by atoms with Gasteiger partial charge in [0.1, 0.15) is 24.4 Å². The maximum Gasteiger partial charge on any atom is 0.469 e. The number of nitrogens with two attached hydrogens (primary N) is 1. The minimum Gasteiger partial charge on any atom is -0.387 e. The third-order valence-electron chi connectivity index (χ3n) is 3.48. The van der Waals surface area contributed by atoms with Crippen molar-refractivity contribution in [3.05, 3.63) is 30.1 Å². The smallest absolute Gasteiger partial charge is 0.387 e. The molecule has 1 aliphatic heterocycles. The van der Waals surface area contributed by atoms with E-state index in [9.17, 15) is 14.5 Å². The Balaban J connectivity index is 2.24. The molecule has 0 unspecified atom stereocenters. The van der Waals surface area contributed by atoms with Crippen LogP contribution in [0, 0.1) is 12.3 Å². The van der Waals surface area contributed by atoms with Gasteiger partial charge in [0.05, 0.1) is 6.61 Å². The number of pyridine rings is 1. The highest BCUT2D eigenvalue weighted by Crippen LogP contribution is 2.38. The Morgan fingerprint density at radius 1 is 1.52 bits per heavy atom. The number of phosphoric acid groups is 1. The van der Waals surface area contributed by atoms with Crippen LogP contribution in [0.5, 0.6) is 0 Å². The third-order valence-corrected chi connectivity index (χ3v) is 3.96. The number of hydrogen-bond acceptors (Lipinski definition) is 6. The lowest BCUT2D eigenvalue weighted by Gasteiger charge is -2.16. The van der Waals surface area contributed by atoms with Crippen LogP contribution < -0.4 is 10.3 Å². The molecule has 1 aliphatic rings. The number of ether oxygens (including phenoxy) is 2. The molecule has 0 bridgehead atoms. The maximum absolute atomic E-state index is 11.3. The van der Waals surface area contributed by atoms with E-state index in [1.165, 1.54) is 16.8 Å². The summed E-state index contributed by atoms with van der Waals surface area (Å²) in [6.45, 7) is -0.683. The normalized spacial score (nSPS) is 26.3. The SMILES string of the molecule is C#CCO[C@@H]1[C@H](O)[C@@H](COP(=O)(O)O)O[C@H]1[n+]1cccc(C(N)=O)c1. The second-order valence-corrected chi connectivity index (χ2v) is 6.47. The molecular weight excluding hydrogens is 355 g/mol. The van der Waals surface area contributed by atoms with E-state index in [0.717, 1.165) is 0 Å². The number of carbonyl (C=O) groups excluding carboxylic acids is 1. The summed E-state index contributed by atoms with van der Waals surface area (Å²) in [4.78, 5) is 28.9. The number of nitrogens with zero attached hydrogens (tertiary/aromatic N) is 1. The van der Waals surface area contributed by atoms with Gasteiger partial charge < -0.3 is 30.1 Å². The molecule has 0 aliphatic carbocycles. The van der Waals surface area contributed by atoms with Gasteiger partial charge in [-0.3, -0.25) is 9.32 Å². The van der Waals surface area contributed by atoms with Crippen LogP contribution in [0.15, 0.2) is 24.5 Å². The lowest BCUT2D eigenvalue weighted by atomic mass is 10.1. The van der Waals surface area contributed by atoms with E-state index in [1.54, 1.807) is 12.3 Å². The summed E-state index contributed by atoms with van der Waals surface area (Å²) < 4.78 is 27.7. The van der Waals surface area contributed by atoms with Crippen molar-refractivity contribution in [3.63, 3.8) is 0 Å². The first-order chi connectivity index (χ1) is 11.7. The quantitative estimate of drug-likeness (QED) is 0.255. The Bertz CT molecular complexity index is 715. The standard InChI is InChI=1S/C14H17N2O8P/c1-2-6-22-12-11(17)10(8-23-25(19,20)21)24-14(12)16-5-3-4-9(7-16)13(15)18/h1,3-5,7,10-12,14,17H,6,8H2,(H3-,15,18,19,20,21)/p+1/t10-,11-,12-,14-/m1/s1. The van der Waals surface area contributed by atoms with E-state index >= 15 is 0 Å². The zero-order valence-electron chi connectivity index (χ0n) is 13.0. The molecule has 0 spiro atoms. The van der Waals surface area contributed by atoms with Crippen molar-refractivity contribution in [2.24, 2.45) is 5.73 Å². The van der Waals surface area contributed by atoms with Crippen molar-refractivity contribution in [1.29, 1.82) is 0 Å². The number of aromatic nitrogens is 1. The number of rotatable bonds is 7. The molecule has 25 heavy (non-hydrogen) atoms. The highest BCUT2D eigenvalue weighted by Gasteiger charge is 2.50. The van der Waals surface area contributed by atoms with Gasteiger partial charge in [0.2, 0.25) is 0 Å². The Labute approximate surface area is 143 Å². The Kier molecular flexibility index (Phi) is 6.26. The molecule has 0 saturated carbocycles. The Morgan fingerprint density at radius 2 is 2.24 bits per heavy atom. The zero-order chi connectivity index (χ0) is 18.6. The van der Waals surface area contributed by atoms with Crippen LogP contribution in [0.4, 0.5) is 0 Å². The van der Waals surface area contributed by atoms with Crippen LogP contribution in [-0.4, -0.2) is 52.3 Å². The molecule has 1 amide bonds. The third kappa shape index (κ3) is 5.07. The maximum atomic E-state index is 11.3. The molecule has 10 nitrogen and oxygen atoms in total. The van der Waals surface area contributed by atoms with Crippen LogP contribution >= 0.6 is 7.82 Å². The van der Waals surface area contributed by atoms with Gasteiger partial charge in [-0.05, 0) is 6.07 Å². The minimum atomic E-state index is -4.73. The van der Waals surface area contributed by atoms with Crippen LogP contribution in [0.1, 0.15) is 16.6 Å². The van der Waals surface area contributed by atoms with Gasteiger partial charge in [0.25, 0.3) is 12.1 Å². The molecule has 136 valence electrons. The van der Waals surface area contributed by atoms with Gasteiger partial charge in [0, 0.05) is 6.07 Å². The molecule has 11 heteroatoms. The van der Waals surface area contributed by atoms with Gasteiger partial charge >= 0.3 is 7.82 Å². The second kappa shape index (κ2) is 8.03. The highest BCUT2D eigenvalue weighted by molar-refractivity contribution is 7.46. The number of terminal acetylenes is 1. The summed E-state index contributed by atoms with van der Waals surface area (Å²) in [5.41, 5.74) is 5.44. The van der Waals surface area contributed by atoms with Crippen molar-refractivity contribution in [1.82, 2.24) is 0 Å². The summed E-state index contributed by atoms with van der Waals surface area (Å²) in [6.07, 6.45) is 3.91. The molecule has 2 heterocycles. The summed E-state index contributed by atoms with van der Waals surface area (Å²) in [5, 5.41) is 10.3. The van der Waals surface area contributed by atoms with Crippen LogP contribution in [-0.2, 0) is 18.6 Å². The van der Waals surface area contributed by atoms with Crippen molar-refractivity contribution in [2.45, 2.75) is 24.5 Å². The summed E-state index contributed by atoms with van der Waals surface area (Å²) in [6, 6.07) is 3.05. The molecule has 5 N–H and O–H groups in total. The molecule has 2 rings (SSSR count). The summed E-state index contributed by atoms with van der Waals surface area (Å²) in [5.74, 6) is 1.60. The first-order valence-corrected chi connectivity index (χ1v) is 8.65. The number of hydrogen-bond donors (Lipinski definition) is 4. The van der Waals surface area contributed by atoms with E-state index < -0.39 is 44.9 Å². The predicted molar refractivity (Wildman–Crippen MR) is 81.6 cm³/mol. The monoisotopic (exact) mass is 373 g/mol. The lowest BCUT2D eigenvalue weighted by Crippen LogP contribution is -2.47. The molecule has 4 atom stereocenters. The number of primary amides is 1. The zero-order valence-corrected chi connectivity index (χ0v) is 13.9. The molecule has 1 saturated heterocycles. The van der Waals surface area contributed by atoms with Gasteiger partial charge in [0.15, 0.2) is 18.5 Å².